The number of carbonyl (C=O) groups is 1. The number of ether oxygens (including phenoxy) is 1. The van der Waals surface area contributed by atoms with Crippen molar-refractivity contribution in [1.82, 2.24) is 0 Å². The van der Waals surface area contributed by atoms with Crippen LogP contribution in [-0.4, -0.2) is 24.2 Å². The highest BCUT2D eigenvalue weighted by atomic mass is 16.5. The van der Waals surface area contributed by atoms with E-state index in [1.165, 1.54) is 0 Å². The van der Waals surface area contributed by atoms with E-state index in [2.05, 4.69) is 5.32 Å². The Balaban J connectivity index is 2.72. The van der Waals surface area contributed by atoms with E-state index in [0.29, 0.717) is 11.4 Å². The van der Waals surface area contributed by atoms with Crippen molar-refractivity contribution in [3.63, 3.8) is 0 Å². The molecule has 0 aliphatic heterocycles. The number of aliphatic hydroxyl groups excluding tert-OH is 1. The second-order valence-electron chi connectivity index (χ2n) is 4.77. The highest BCUT2D eigenvalue weighted by molar-refractivity contribution is 5.92. The van der Waals surface area contributed by atoms with Gasteiger partial charge in [0.15, 0.2) is 0 Å². The summed E-state index contributed by atoms with van der Waals surface area (Å²) < 4.78 is 5.18. The predicted molar refractivity (Wildman–Crippen MR) is 71.8 cm³/mol. The number of anilines is 1. The summed E-state index contributed by atoms with van der Waals surface area (Å²) in [5.74, 6) is 0.475. The summed E-state index contributed by atoms with van der Waals surface area (Å²) in [5.41, 5.74) is 1.67. The minimum absolute atomic E-state index is 0.0650. The van der Waals surface area contributed by atoms with Crippen LogP contribution in [0, 0.1) is 12.8 Å². The van der Waals surface area contributed by atoms with Gasteiger partial charge in [-0.3, -0.25) is 4.79 Å². The first-order valence-electron chi connectivity index (χ1n) is 6.06. The van der Waals surface area contributed by atoms with Gasteiger partial charge in [-0.2, -0.15) is 0 Å². The van der Waals surface area contributed by atoms with Crippen molar-refractivity contribution in [3.8, 4) is 5.75 Å². The summed E-state index contributed by atoms with van der Waals surface area (Å²) in [7, 11) is 1.56. The van der Waals surface area contributed by atoms with Crippen molar-refractivity contribution in [2.45, 2.75) is 33.3 Å². The van der Waals surface area contributed by atoms with E-state index in [0.717, 1.165) is 5.56 Å². The number of carbonyl (C=O) groups excluding carboxylic acids is 1. The molecule has 4 nitrogen and oxygen atoms in total. The van der Waals surface area contributed by atoms with Crippen molar-refractivity contribution >= 4 is 11.6 Å². The summed E-state index contributed by atoms with van der Waals surface area (Å²) in [4.78, 5) is 11.8. The van der Waals surface area contributed by atoms with Gasteiger partial charge in [0.25, 0.3) is 0 Å². The molecule has 1 amide bonds. The fraction of sp³-hybridized carbons (Fsp3) is 0.500. The summed E-state index contributed by atoms with van der Waals surface area (Å²) in [6, 6.07) is 5.57. The Hall–Kier alpha value is -1.55. The second kappa shape index (κ2) is 6.40. The largest absolute Gasteiger partial charge is 0.495 e. The lowest BCUT2D eigenvalue weighted by atomic mass is 10.0. The molecule has 2 N–H and O–H groups in total. The Morgan fingerprint density at radius 1 is 1.44 bits per heavy atom. The first-order chi connectivity index (χ1) is 8.43. The topological polar surface area (TPSA) is 58.6 Å². The number of hydrogen-bond acceptors (Lipinski definition) is 3. The molecule has 0 aliphatic rings. The molecular weight excluding hydrogens is 230 g/mol. The maximum absolute atomic E-state index is 11.8. The number of aliphatic hydroxyl groups is 1. The molecule has 0 aromatic heterocycles. The molecule has 0 spiro atoms. The molecule has 0 aliphatic carbocycles. The van der Waals surface area contributed by atoms with Crippen molar-refractivity contribution in [3.05, 3.63) is 23.8 Å². The number of nitrogens with one attached hydrogen (secondary N) is 1. The van der Waals surface area contributed by atoms with Gasteiger partial charge in [-0.15, -0.1) is 0 Å². The minimum atomic E-state index is -0.624. The van der Waals surface area contributed by atoms with Crippen LogP contribution in [0.15, 0.2) is 18.2 Å². The number of rotatable bonds is 5. The first kappa shape index (κ1) is 14.5. The zero-order valence-electron chi connectivity index (χ0n) is 11.4. The molecule has 0 fully saturated rings. The predicted octanol–water partition coefficient (Wildman–Crippen LogP) is 2.35. The maximum atomic E-state index is 11.8. The fourth-order valence-electron chi connectivity index (χ4n) is 1.55. The lowest BCUT2D eigenvalue weighted by Crippen LogP contribution is -2.23. The normalized spacial score (nSPS) is 12.3. The average Bonchev–Trinajstić information content (AvgIpc) is 2.28. The molecule has 4 heteroatoms. The first-order valence-corrected chi connectivity index (χ1v) is 6.06. The van der Waals surface area contributed by atoms with Crippen LogP contribution in [0.1, 0.15) is 25.8 Å². The molecular formula is C14H21NO3. The zero-order valence-corrected chi connectivity index (χ0v) is 11.4. The van der Waals surface area contributed by atoms with Crippen molar-refractivity contribution in [1.29, 1.82) is 0 Å². The lowest BCUT2D eigenvalue weighted by Gasteiger charge is -2.15. The Bertz CT molecular complexity index is 416. The van der Waals surface area contributed by atoms with Crippen molar-refractivity contribution in [2.75, 3.05) is 12.4 Å². The molecule has 100 valence electrons. The quantitative estimate of drug-likeness (QED) is 0.844. The van der Waals surface area contributed by atoms with Gasteiger partial charge < -0.3 is 15.2 Å². The molecule has 18 heavy (non-hydrogen) atoms. The Morgan fingerprint density at radius 3 is 2.67 bits per heavy atom. The van der Waals surface area contributed by atoms with Crippen molar-refractivity contribution in [2.24, 2.45) is 5.92 Å². The van der Waals surface area contributed by atoms with Crippen molar-refractivity contribution < 1.29 is 14.6 Å². The smallest absolute Gasteiger partial charge is 0.227 e. The van der Waals surface area contributed by atoms with E-state index in [1.54, 1.807) is 7.11 Å². The number of methoxy groups -OCH3 is 1. The van der Waals surface area contributed by atoms with Gasteiger partial charge in [-0.05, 0) is 30.5 Å². The maximum Gasteiger partial charge on any atom is 0.227 e. The molecule has 1 unspecified atom stereocenters. The number of amides is 1. The Morgan fingerprint density at radius 2 is 2.11 bits per heavy atom. The third kappa shape index (κ3) is 4.04. The van der Waals surface area contributed by atoms with Gasteiger partial charge in [0.05, 0.1) is 25.3 Å². The van der Waals surface area contributed by atoms with Crippen LogP contribution in [0.3, 0.4) is 0 Å². The molecule has 1 atom stereocenters. The standard InChI is InChI=1S/C14H21NO3/c1-9(2)12(16)8-14(17)15-11-7-10(3)5-6-13(11)18-4/h5-7,9,12,16H,8H2,1-4H3,(H,15,17). The molecule has 1 rings (SSSR count). The summed E-state index contributed by atoms with van der Waals surface area (Å²) in [6.07, 6.45) is -0.532. The van der Waals surface area contributed by atoms with E-state index in [4.69, 9.17) is 4.74 Å². The van der Waals surface area contributed by atoms with E-state index in [-0.39, 0.29) is 18.2 Å². The number of aryl methyl sites for hydroxylation is 1. The van der Waals surface area contributed by atoms with Crippen LogP contribution >= 0.6 is 0 Å². The SMILES string of the molecule is COc1ccc(C)cc1NC(=O)CC(O)C(C)C. The summed E-state index contributed by atoms with van der Waals surface area (Å²) in [5, 5.41) is 12.4. The van der Waals surface area contributed by atoms with Crippen LogP contribution < -0.4 is 10.1 Å². The summed E-state index contributed by atoms with van der Waals surface area (Å²) >= 11 is 0. The Kier molecular flexibility index (Phi) is 5.16. The molecule has 0 bridgehead atoms. The van der Waals surface area contributed by atoms with E-state index in [1.807, 2.05) is 39.0 Å². The molecule has 1 aromatic carbocycles. The second-order valence-corrected chi connectivity index (χ2v) is 4.77. The molecule has 1 aromatic rings. The van der Waals surface area contributed by atoms with Gasteiger partial charge in [0.1, 0.15) is 5.75 Å². The summed E-state index contributed by atoms with van der Waals surface area (Å²) in [6.45, 7) is 5.70. The van der Waals surface area contributed by atoms with Gasteiger partial charge in [-0.1, -0.05) is 19.9 Å². The fourth-order valence-corrected chi connectivity index (χ4v) is 1.55. The van der Waals surface area contributed by atoms with Gasteiger partial charge >= 0.3 is 0 Å². The molecule has 0 saturated carbocycles. The van der Waals surface area contributed by atoms with E-state index >= 15 is 0 Å². The van der Waals surface area contributed by atoms with Crippen LogP contribution in [-0.2, 0) is 4.79 Å². The average molecular weight is 251 g/mol. The van der Waals surface area contributed by atoms with Gasteiger partial charge in [-0.25, -0.2) is 0 Å². The minimum Gasteiger partial charge on any atom is -0.495 e. The third-order valence-electron chi connectivity index (χ3n) is 2.79. The monoisotopic (exact) mass is 251 g/mol. The van der Waals surface area contributed by atoms with E-state index < -0.39 is 6.10 Å². The molecule has 0 radical (unpaired) electrons. The van der Waals surface area contributed by atoms with Crippen LogP contribution in [0.2, 0.25) is 0 Å². The highest BCUT2D eigenvalue weighted by Gasteiger charge is 2.15. The van der Waals surface area contributed by atoms with Crippen LogP contribution in [0.5, 0.6) is 5.75 Å². The molecule has 0 heterocycles. The number of benzene rings is 1. The van der Waals surface area contributed by atoms with Crippen LogP contribution in [0.25, 0.3) is 0 Å². The van der Waals surface area contributed by atoms with E-state index in [9.17, 15) is 9.90 Å². The highest BCUT2D eigenvalue weighted by Crippen LogP contribution is 2.25. The van der Waals surface area contributed by atoms with Gasteiger partial charge in [0, 0.05) is 0 Å². The van der Waals surface area contributed by atoms with Gasteiger partial charge in [0.2, 0.25) is 5.91 Å². The van der Waals surface area contributed by atoms with Crippen LogP contribution in [0.4, 0.5) is 5.69 Å². The lowest BCUT2D eigenvalue weighted by molar-refractivity contribution is -0.118. The Labute approximate surface area is 108 Å². The molecule has 0 saturated heterocycles. The third-order valence-corrected chi connectivity index (χ3v) is 2.79. The zero-order chi connectivity index (χ0) is 13.7. The number of hydrogen-bond donors (Lipinski definition) is 2.